The van der Waals surface area contributed by atoms with Gasteiger partial charge in [-0.2, -0.15) is 0 Å². The minimum atomic E-state index is -0.907. The molecule has 4 unspecified atom stereocenters. The van der Waals surface area contributed by atoms with Gasteiger partial charge in [-0.05, 0) is 31.1 Å². The lowest BCUT2D eigenvalue weighted by atomic mass is 10.1. The van der Waals surface area contributed by atoms with Gasteiger partial charge in [-0.1, -0.05) is 20.8 Å². The molecule has 1 saturated carbocycles. The molecule has 2 rings (SSSR count). The van der Waals surface area contributed by atoms with E-state index in [1.807, 2.05) is 13.8 Å². The lowest BCUT2D eigenvalue weighted by Crippen LogP contribution is -2.53. The van der Waals surface area contributed by atoms with Crippen LogP contribution in [0.15, 0.2) is 0 Å². The third-order valence-corrected chi connectivity index (χ3v) is 5.77. The van der Waals surface area contributed by atoms with Gasteiger partial charge in [0.05, 0.1) is 5.37 Å². The van der Waals surface area contributed by atoms with Gasteiger partial charge in [-0.15, -0.1) is 11.8 Å². The van der Waals surface area contributed by atoms with Crippen molar-refractivity contribution < 1.29 is 14.7 Å². The number of nitrogens with zero attached hydrogens (tertiary/aromatic N) is 1. The lowest BCUT2D eigenvalue weighted by Gasteiger charge is -2.31. The summed E-state index contributed by atoms with van der Waals surface area (Å²) >= 11 is 1.57. The maximum absolute atomic E-state index is 12.5. The third kappa shape index (κ3) is 3.22. The average molecular weight is 300 g/mol. The van der Waals surface area contributed by atoms with Gasteiger partial charge in [-0.25, -0.2) is 9.59 Å². The second-order valence-electron chi connectivity index (χ2n) is 6.29. The SMILES string of the molecule is CC1CCC(NC(=O)N2C(C(=O)O)CSC2C(C)C)C1. The molecule has 1 aliphatic heterocycles. The Hall–Kier alpha value is -0.910. The fourth-order valence-corrected chi connectivity index (χ4v) is 4.55. The molecule has 4 atom stereocenters. The molecule has 0 radical (unpaired) electrons. The summed E-state index contributed by atoms with van der Waals surface area (Å²) in [5.74, 6) is 0.463. The van der Waals surface area contributed by atoms with Crippen molar-refractivity contribution in [3.63, 3.8) is 0 Å². The Bertz CT molecular complexity index is 389. The van der Waals surface area contributed by atoms with Gasteiger partial charge in [0.2, 0.25) is 0 Å². The minimum Gasteiger partial charge on any atom is -0.480 e. The van der Waals surface area contributed by atoms with Crippen LogP contribution in [0, 0.1) is 11.8 Å². The van der Waals surface area contributed by atoms with Crippen molar-refractivity contribution in [1.82, 2.24) is 10.2 Å². The van der Waals surface area contributed by atoms with Crippen LogP contribution in [0.3, 0.4) is 0 Å². The van der Waals surface area contributed by atoms with E-state index in [4.69, 9.17) is 0 Å². The second-order valence-corrected chi connectivity index (χ2v) is 7.44. The van der Waals surface area contributed by atoms with E-state index >= 15 is 0 Å². The van der Waals surface area contributed by atoms with Gasteiger partial charge in [0.1, 0.15) is 6.04 Å². The molecule has 0 aromatic carbocycles. The summed E-state index contributed by atoms with van der Waals surface area (Å²) in [5, 5.41) is 12.3. The third-order valence-electron chi connectivity index (χ3n) is 4.15. The molecule has 1 aliphatic carbocycles. The molecule has 2 fully saturated rings. The largest absolute Gasteiger partial charge is 0.480 e. The molecule has 6 heteroatoms. The van der Waals surface area contributed by atoms with Crippen LogP contribution in [0.1, 0.15) is 40.0 Å². The molecule has 0 aromatic rings. The maximum Gasteiger partial charge on any atom is 0.327 e. The predicted octanol–water partition coefficient (Wildman–Crippen LogP) is 2.37. The van der Waals surface area contributed by atoms with Gasteiger partial charge < -0.3 is 10.4 Å². The monoisotopic (exact) mass is 300 g/mol. The van der Waals surface area contributed by atoms with Crippen molar-refractivity contribution in [3.05, 3.63) is 0 Å². The topological polar surface area (TPSA) is 69.6 Å². The van der Waals surface area contributed by atoms with E-state index < -0.39 is 12.0 Å². The molecule has 20 heavy (non-hydrogen) atoms. The molecule has 2 N–H and O–H groups in total. The Morgan fingerprint density at radius 1 is 1.35 bits per heavy atom. The molecule has 0 bridgehead atoms. The highest BCUT2D eigenvalue weighted by molar-refractivity contribution is 8.00. The first-order valence-electron chi connectivity index (χ1n) is 7.33. The van der Waals surface area contributed by atoms with Crippen LogP contribution in [0.4, 0.5) is 4.79 Å². The smallest absolute Gasteiger partial charge is 0.327 e. The van der Waals surface area contributed by atoms with Crippen molar-refractivity contribution in [2.75, 3.05) is 5.75 Å². The fourth-order valence-electron chi connectivity index (χ4n) is 3.08. The number of nitrogens with one attached hydrogen (secondary N) is 1. The van der Waals surface area contributed by atoms with Crippen molar-refractivity contribution >= 4 is 23.8 Å². The van der Waals surface area contributed by atoms with Crippen LogP contribution in [0.25, 0.3) is 0 Å². The van der Waals surface area contributed by atoms with Crippen LogP contribution in [-0.2, 0) is 4.79 Å². The highest BCUT2D eigenvalue weighted by Crippen LogP contribution is 2.34. The summed E-state index contributed by atoms with van der Waals surface area (Å²) in [5.41, 5.74) is 0. The number of thioether (sulfide) groups is 1. The van der Waals surface area contributed by atoms with Crippen molar-refractivity contribution in [1.29, 1.82) is 0 Å². The number of urea groups is 1. The zero-order valence-electron chi connectivity index (χ0n) is 12.3. The highest BCUT2D eigenvalue weighted by Gasteiger charge is 2.43. The summed E-state index contributed by atoms with van der Waals surface area (Å²) in [6.07, 6.45) is 3.13. The number of rotatable bonds is 3. The van der Waals surface area contributed by atoms with E-state index in [9.17, 15) is 14.7 Å². The van der Waals surface area contributed by atoms with Crippen molar-refractivity contribution in [2.24, 2.45) is 11.8 Å². The summed E-state index contributed by atoms with van der Waals surface area (Å²) in [6, 6.07) is -0.711. The number of hydrogen-bond acceptors (Lipinski definition) is 3. The lowest BCUT2D eigenvalue weighted by molar-refractivity contribution is -0.141. The number of aliphatic carboxylic acids is 1. The van der Waals surface area contributed by atoms with Gasteiger partial charge in [0.15, 0.2) is 0 Å². The molecule has 2 aliphatic rings. The number of amides is 2. The Balaban J connectivity index is 2.05. The van der Waals surface area contributed by atoms with Crippen LogP contribution in [0.5, 0.6) is 0 Å². The van der Waals surface area contributed by atoms with Crippen LogP contribution < -0.4 is 5.32 Å². The Kier molecular flexibility index (Phi) is 4.83. The molecular formula is C14H24N2O3S. The molecule has 0 spiro atoms. The zero-order valence-corrected chi connectivity index (χ0v) is 13.2. The molecule has 0 aromatic heterocycles. The van der Waals surface area contributed by atoms with Crippen LogP contribution >= 0.6 is 11.8 Å². The first-order valence-corrected chi connectivity index (χ1v) is 8.38. The van der Waals surface area contributed by atoms with Crippen molar-refractivity contribution in [3.8, 4) is 0 Å². The Morgan fingerprint density at radius 3 is 2.55 bits per heavy atom. The normalized spacial score (nSPS) is 33.7. The van der Waals surface area contributed by atoms with Crippen LogP contribution in [-0.4, -0.2) is 45.2 Å². The van der Waals surface area contributed by atoms with Gasteiger partial charge in [0, 0.05) is 11.8 Å². The van der Waals surface area contributed by atoms with E-state index in [-0.39, 0.29) is 23.4 Å². The number of carbonyl (C=O) groups excluding carboxylic acids is 1. The van der Waals surface area contributed by atoms with E-state index in [0.717, 1.165) is 19.3 Å². The van der Waals surface area contributed by atoms with E-state index in [0.29, 0.717) is 11.7 Å². The van der Waals surface area contributed by atoms with E-state index in [1.165, 1.54) is 0 Å². The Labute approximate surface area is 124 Å². The molecule has 1 heterocycles. The van der Waals surface area contributed by atoms with E-state index in [1.54, 1.807) is 16.7 Å². The second kappa shape index (κ2) is 6.24. The Morgan fingerprint density at radius 2 is 2.05 bits per heavy atom. The first kappa shape index (κ1) is 15.5. The van der Waals surface area contributed by atoms with E-state index in [2.05, 4.69) is 12.2 Å². The minimum absolute atomic E-state index is 0.0464. The number of hydrogen-bond donors (Lipinski definition) is 2. The highest BCUT2D eigenvalue weighted by atomic mass is 32.2. The van der Waals surface area contributed by atoms with Gasteiger partial charge in [0.25, 0.3) is 0 Å². The summed E-state index contributed by atoms with van der Waals surface area (Å²) in [7, 11) is 0. The zero-order chi connectivity index (χ0) is 14.9. The van der Waals surface area contributed by atoms with Crippen molar-refractivity contribution in [2.45, 2.75) is 57.5 Å². The summed E-state index contributed by atoms with van der Waals surface area (Å²) in [4.78, 5) is 25.4. The summed E-state index contributed by atoms with van der Waals surface area (Å²) < 4.78 is 0. The molecule has 1 saturated heterocycles. The van der Waals surface area contributed by atoms with Crippen LogP contribution in [0.2, 0.25) is 0 Å². The van der Waals surface area contributed by atoms with Gasteiger partial charge in [-0.3, -0.25) is 4.90 Å². The summed E-state index contributed by atoms with van der Waals surface area (Å²) in [6.45, 7) is 6.24. The predicted molar refractivity (Wildman–Crippen MR) is 79.7 cm³/mol. The quantitative estimate of drug-likeness (QED) is 0.839. The number of carboxylic acids is 1. The first-order chi connectivity index (χ1) is 9.40. The molecule has 5 nitrogen and oxygen atoms in total. The standard InChI is InChI=1S/C14H24N2O3S/c1-8(2)12-16(11(7-20-12)13(17)18)14(19)15-10-5-4-9(3)6-10/h8-12H,4-7H2,1-3H3,(H,15,19)(H,17,18). The molecule has 114 valence electrons. The number of carboxylic acid groups (broad SMARTS) is 1. The molecular weight excluding hydrogens is 276 g/mol. The maximum atomic E-state index is 12.5. The fraction of sp³-hybridized carbons (Fsp3) is 0.857. The van der Waals surface area contributed by atoms with Gasteiger partial charge >= 0.3 is 12.0 Å². The molecule has 2 amide bonds. The number of carbonyl (C=O) groups is 2. The average Bonchev–Trinajstić information content (AvgIpc) is 2.95.